The molecule has 2 rings (SSSR count). The quantitative estimate of drug-likeness (QED) is 0.786. The molecule has 0 saturated carbocycles. The second kappa shape index (κ2) is 6.43. The lowest BCUT2D eigenvalue weighted by molar-refractivity contribution is 0.0940. The predicted molar refractivity (Wildman–Crippen MR) is 85.2 cm³/mol. The van der Waals surface area contributed by atoms with Crippen LogP contribution in [-0.4, -0.2) is 19.3 Å². The van der Waals surface area contributed by atoms with E-state index in [1.807, 2.05) is 0 Å². The zero-order valence-corrected chi connectivity index (χ0v) is 14.7. The van der Waals surface area contributed by atoms with Gasteiger partial charge in [-0.1, -0.05) is 0 Å². The molecule has 0 saturated heterocycles. The molecular formula is C12H10BrClN2O3S2. The molecule has 5 nitrogen and oxygen atoms in total. The van der Waals surface area contributed by atoms with Crippen molar-refractivity contribution in [3.8, 4) is 0 Å². The number of rotatable bonds is 4. The van der Waals surface area contributed by atoms with Gasteiger partial charge in [0, 0.05) is 32.4 Å². The fraction of sp³-hybridized carbons (Fsp3) is 0.167. The molecule has 2 aromatic heterocycles. The van der Waals surface area contributed by atoms with E-state index in [4.69, 9.17) is 10.7 Å². The number of carbonyl (C=O) groups is 1. The zero-order valence-electron chi connectivity index (χ0n) is 10.7. The molecule has 21 heavy (non-hydrogen) atoms. The Hall–Kier alpha value is -0.960. The number of nitrogens with zero attached hydrogens (tertiary/aromatic N) is 1. The van der Waals surface area contributed by atoms with Crippen molar-refractivity contribution in [2.24, 2.45) is 0 Å². The van der Waals surface area contributed by atoms with Crippen LogP contribution >= 0.6 is 37.9 Å². The summed E-state index contributed by atoms with van der Waals surface area (Å²) in [5.41, 5.74) is 0.415. The van der Waals surface area contributed by atoms with Crippen molar-refractivity contribution in [2.75, 3.05) is 0 Å². The molecule has 1 unspecified atom stereocenters. The number of aromatic nitrogens is 1. The van der Waals surface area contributed by atoms with Gasteiger partial charge in [-0.25, -0.2) is 8.42 Å². The van der Waals surface area contributed by atoms with Crippen molar-refractivity contribution >= 4 is 52.9 Å². The summed E-state index contributed by atoms with van der Waals surface area (Å²) in [6.07, 6.45) is 3.03. The van der Waals surface area contributed by atoms with Crippen molar-refractivity contribution in [2.45, 2.75) is 17.2 Å². The van der Waals surface area contributed by atoms with Gasteiger partial charge in [0.2, 0.25) is 0 Å². The van der Waals surface area contributed by atoms with Crippen molar-refractivity contribution in [3.05, 3.63) is 45.5 Å². The van der Waals surface area contributed by atoms with Crippen molar-refractivity contribution in [1.82, 2.24) is 10.3 Å². The van der Waals surface area contributed by atoms with E-state index >= 15 is 0 Å². The summed E-state index contributed by atoms with van der Waals surface area (Å²) in [5.74, 6) is -0.292. The van der Waals surface area contributed by atoms with Crippen molar-refractivity contribution in [1.29, 1.82) is 0 Å². The van der Waals surface area contributed by atoms with E-state index in [-0.39, 0.29) is 16.2 Å². The van der Waals surface area contributed by atoms with E-state index in [9.17, 15) is 13.2 Å². The van der Waals surface area contributed by atoms with Crippen LogP contribution < -0.4 is 5.32 Å². The number of pyridine rings is 1. The van der Waals surface area contributed by atoms with Crippen molar-refractivity contribution < 1.29 is 13.2 Å². The molecule has 0 radical (unpaired) electrons. The fourth-order valence-electron chi connectivity index (χ4n) is 1.59. The molecule has 0 spiro atoms. The number of hydrogen-bond donors (Lipinski definition) is 1. The van der Waals surface area contributed by atoms with Crippen molar-refractivity contribution in [3.63, 3.8) is 0 Å². The summed E-state index contributed by atoms with van der Waals surface area (Å²) in [7, 11) is 1.54. The van der Waals surface area contributed by atoms with Gasteiger partial charge in [0.15, 0.2) is 0 Å². The minimum Gasteiger partial charge on any atom is -0.345 e. The molecule has 1 amide bonds. The van der Waals surface area contributed by atoms with E-state index in [1.54, 1.807) is 25.3 Å². The van der Waals surface area contributed by atoms with Crippen LogP contribution in [0.3, 0.4) is 0 Å². The normalized spacial score (nSPS) is 12.9. The molecule has 0 aliphatic rings. The van der Waals surface area contributed by atoms with Crippen LogP contribution in [0.4, 0.5) is 0 Å². The third-order valence-electron chi connectivity index (χ3n) is 2.58. The standard InChI is InChI=1S/C12H10BrClN2O3S2/c1-7(10-2-3-11(20-10)21(14,18)19)16-12(17)8-4-9(13)6-15-5-8/h2-7H,1H3,(H,16,17). The average Bonchev–Trinajstić information content (AvgIpc) is 2.88. The van der Waals surface area contributed by atoms with Gasteiger partial charge in [0.1, 0.15) is 4.21 Å². The highest BCUT2D eigenvalue weighted by Crippen LogP contribution is 2.28. The second-order valence-electron chi connectivity index (χ2n) is 4.18. The van der Waals surface area contributed by atoms with Gasteiger partial charge in [-0.05, 0) is 41.1 Å². The van der Waals surface area contributed by atoms with E-state index in [1.165, 1.54) is 12.3 Å². The first-order chi connectivity index (χ1) is 9.77. The Labute approximate surface area is 138 Å². The van der Waals surface area contributed by atoms with Gasteiger partial charge in [0.05, 0.1) is 11.6 Å². The molecule has 0 aliphatic carbocycles. The maximum atomic E-state index is 12.1. The Balaban J connectivity index is 2.13. The summed E-state index contributed by atoms with van der Waals surface area (Å²) in [6.45, 7) is 1.76. The van der Waals surface area contributed by atoms with Crippen LogP contribution in [0, 0.1) is 0 Å². The number of carbonyl (C=O) groups excluding carboxylic acids is 1. The molecule has 2 heterocycles. The molecular weight excluding hydrogens is 400 g/mol. The zero-order chi connectivity index (χ0) is 15.6. The third kappa shape index (κ3) is 4.26. The Morgan fingerprint density at radius 2 is 2.14 bits per heavy atom. The molecule has 0 aromatic carbocycles. The SMILES string of the molecule is CC(NC(=O)c1cncc(Br)c1)c1ccc(S(=O)(=O)Cl)s1. The first-order valence-corrected chi connectivity index (χ1v) is 9.65. The molecule has 1 N–H and O–H groups in total. The smallest absolute Gasteiger partial charge is 0.270 e. The molecule has 9 heteroatoms. The van der Waals surface area contributed by atoms with Crippen LogP contribution in [0.2, 0.25) is 0 Å². The van der Waals surface area contributed by atoms with E-state index in [0.717, 1.165) is 11.3 Å². The van der Waals surface area contributed by atoms with Gasteiger partial charge < -0.3 is 5.32 Å². The summed E-state index contributed by atoms with van der Waals surface area (Å²) in [5, 5.41) is 2.78. The lowest BCUT2D eigenvalue weighted by Crippen LogP contribution is -2.26. The molecule has 0 bridgehead atoms. The lowest BCUT2D eigenvalue weighted by Gasteiger charge is -2.12. The highest BCUT2D eigenvalue weighted by molar-refractivity contribution is 9.10. The summed E-state index contributed by atoms with van der Waals surface area (Å²) >= 11 is 4.27. The number of amides is 1. The Kier molecular flexibility index (Phi) is 5.03. The average molecular weight is 410 g/mol. The monoisotopic (exact) mass is 408 g/mol. The van der Waals surface area contributed by atoms with Crippen LogP contribution in [0.15, 0.2) is 39.3 Å². The van der Waals surface area contributed by atoms with Gasteiger partial charge in [-0.3, -0.25) is 9.78 Å². The first-order valence-electron chi connectivity index (χ1n) is 5.73. The van der Waals surface area contributed by atoms with Gasteiger partial charge >= 0.3 is 0 Å². The first kappa shape index (κ1) is 16.4. The number of halogens is 2. The molecule has 1 atom stereocenters. The highest BCUT2D eigenvalue weighted by atomic mass is 79.9. The summed E-state index contributed by atoms with van der Waals surface area (Å²) in [6, 6.07) is 4.36. The minimum absolute atomic E-state index is 0.0596. The van der Waals surface area contributed by atoms with Crippen LogP contribution in [0.25, 0.3) is 0 Å². The van der Waals surface area contributed by atoms with Crippen LogP contribution in [0.5, 0.6) is 0 Å². The largest absolute Gasteiger partial charge is 0.345 e. The lowest BCUT2D eigenvalue weighted by atomic mass is 10.2. The van der Waals surface area contributed by atoms with Crippen LogP contribution in [-0.2, 0) is 9.05 Å². The minimum atomic E-state index is -3.74. The number of thiophene rings is 1. The molecule has 2 aromatic rings. The van der Waals surface area contributed by atoms with E-state index in [2.05, 4.69) is 26.2 Å². The predicted octanol–water partition coefficient (Wildman–Crippen LogP) is 3.32. The van der Waals surface area contributed by atoms with Crippen LogP contribution in [0.1, 0.15) is 28.2 Å². The second-order valence-corrected chi connectivity index (χ2v) is 9.01. The Morgan fingerprint density at radius 1 is 1.43 bits per heavy atom. The number of nitrogens with one attached hydrogen (secondary N) is 1. The Bertz CT molecular complexity index is 776. The van der Waals surface area contributed by atoms with Gasteiger partial charge in [-0.2, -0.15) is 0 Å². The molecule has 112 valence electrons. The summed E-state index contributed by atoms with van der Waals surface area (Å²) in [4.78, 5) is 16.7. The Morgan fingerprint density at radius 3 is 2.71 bits per heavy atom. The van der Waals surface area contributed by atoms with Gasteiger partial charge in [-0.15, -0.1) is 11.3 Å². The maximum Gasteiger partial charge on any atom is 0.270 e. The van der Waals surface area contributed by atoms with E-state index in [0.29, 0.717) is 14.9 Å². The molecule has 0 fully saturated rings. The maximum absolute atomic E-state index is 12.1. The summed E-state index contributed by atoms with van der Waals surface area (Å²) < 4.78 is 23.2. The number of hydrogen-bond acceptors (Lipinski definition) is 5. The topological polar surface area (TPSA) is 76.1 Å². The highest BCUT2D eigenvalue weighted by Gasteiger charge is 2.18. The molecule has 0 aliphatic heterocycles. The third-order valence-corrected chi connectivity index (χ3v) is 6.38. The van der Waals surface area contributed by atoms with E-state index < -0.39 is 9.05 Å². The fourth-order valence-corrected chi connectivity index (χ4v) is 4.05. The van der Waals surface area contributed by atoms with Gasteiger partial charge in [0.25, 0.3) is 15.0 Å².